The van der Waals surface area contributed by atoms with E-state index in [1.807, 2.05) is 12.1 Å². The molecule has 5 atom stereocenters. The minimum Gasteiger partial charge on any atom is -0.497 e. The molecule has 1 aliphatic rings. The molecular formula is C20H21F3O5. The molecule has 3 N–H and O–H groups in total. The quantitative estimate of drug-likeness (QED) is 0.737. The predicted molar refractivity (Wildman–Crippen MR) is 93.9 cm³/mol. The number of hydrogen-bond donors (Lipinski definition) is 3. The van der Waals surface area contributed by atoms with Crippen molar-refractivity contribution < 1.29 is 38.0 Å². The Morgan fingerprint density at radius 3 is 2.21 bits per heavy atom. The molecule has 2 aromatic carbocycles. The third-order valence-corrected chi connectivity index (χ3v) is 4.78. The highest BCUT2D eigenvalue weighted by Crippen LogP contribution is 2.39. The van der Waals surface area contributed by atoms with E-state index in [0.717, 1.165) is 11.1 Å². The molecule has 28 heavy (non-hydrogen) atoms. The fourth-order valence-corrected chi connectivity index (χ4v) is 3.28. The molecule has 5 nitrogen and oxygen atoms in total. The minimum atomic E-state index is -4.88. The Hall–Kier alpha value is -2.13. The maximum atomic E-state index is 13.1. The van der Waals surface area contributed by atoms with Crippen molar-refractivity contribution in [2.75, 3.05) is 7.11 Å². The van der Waals surface area contributed by atoms with Gasteiger partial charge in [-0.15, -0.1) is 0 Å². The van der Waals surface area contributed by atoms with Crippen molar-refractivity contribution in [3.8, 4) is 5.75 Å². The van der Waals surface area contributed by atoms with Crippen LogP contribution in [0.4, 0.5) is 13.2 Å². The van der Waals surface area contributed by atoms with Crippen molar-refractivity contribution in [1.29, 1.82) is 0 Å². The van der Waals surface area contributed by atoms with E-state index < -0.39 is 36.7 Å². The molecule has 0 aliphatic carbocycles. The Morgan fingerprint density at radius 1 is 0.929 bits per heavy atom. The summed E-state index contributed by atoms with van der Waals surface area (Å²) in [4.78, 5) is 0. The first-order valence-electron chi connectivity index (χ1n) is 8.69. The molecular weight excluding hydrogens is 377 g/mol. The molecule has 3 rings (SSSR count). The predicted octanol–water partition coefficient (Wildman–Crippen LogP) is 2.37. The first kappa shape index (κ1) is 20.6. The van der Waals surface area contributed by atoms with Gasteiger partial charge >= 0.3 is 6.18 Å². The van der Waals surface area contributed by atoms with E-state index in [0.29, 0.717) is 17.7 Å². The number of hydrogen-bond acceptors (Lipinski definition) is 5. The Bertz CT molecular complexity index is 793. The highest BCUT2D eigenvalue weighted by atomic mass is 19.4. The van der Waals surface area contributed by atoms with Crippen LogP contribution >= 0.6 is 0 Å². The number of ether oxygens (including phenoxy) is 2. The van der Waals surface area contributed by atoms with Crippen molar-refractivity contribution in [3.63, 3.8) is 0 Å². The summed E-state index contributed by atoms with van der Waals surface area (Å²) in [5.41, 5.74) is 2.05. The van der Waals surface area contributed by atoms with E-state index in [4.69, 9.17) is 9.47 Å². The molecule has 0 aromatic heterocycles. The van der Waals surface area contributed by atoms with Crippen LogP contribution in [0.15, 0.2) is 48.5 Å². The van der Waals surface area contributed by atoms with Crippen LogP contribution in [0.5, 0.6) is 5.75 Å². The lowest BCUT2D eigenvalue weighted by Gasteiger charge is -2.41. The molecule has 1 heterocycles. The molecule has 0 amide bonds. The summed E-state index contributed by atoms with van der Waals surface area (Å²) in [5, 5.41) is 29.7. The average molecular weight is 398 g/mol. The second-order valence-electron chi connectivity index (χ2n) is 6.76. The van der Waals surface area contributed by atoms with E-state index in [1.165, 1.54) is 6.07 Å². The van der Waals surface area contributed by atoms with Crippen LogP contribution in [0, 0.1) is 0 Å². The second kappa shape index (κ2) is 8.08. The maximum Gasteiger partial charge on any atom is 0.417 e. The van der Waals surface area contributed by atoms with Crippen LogP contribution in [-0.2, 0) is 11.2 Å². The molecule has 152 valence electrons. The van der Waals surface area contributed by atoms with Crippen LogP contribution in [0.25, 0.3) is 0 Å². The summed E-state index contributed by atoms with van der Waals surface area (Å²) in [6, 6.07) is 13.9. The normalized spacial score (nSPS) is 28.2. The highest BCUT2D eigenvalue weighted by Gasteiger charge is 2.55. The van der Waals surface area contributed by atoms with Crippen LogP contribution in [0.3, 0.4) is 0 Å². The highest BCUT2D eigenvalue weighted by molar-refractivity contribution is 5.34. The van der Waals surface area contributed by atoms with Crippen LogP contribution in [-0.4, -0.2) is 53.0 Å². The van der Waals surface area contributed by atoms with Crippen LogP contribution in [0.1, 0.15) is 22.8 Å². The zero-order valence-electron chi connectivity index (χ0n) is 15.0. The number of aliphatic hydroxyl groups is 3. The molecule has 0 spiro atoms. The third-order valence-electron chi connectivity index (χ3n) is 4.78. The van der Waals surface area contributed by atoms with Gasteiger partial charge in [0.2, 0.25) is 0 Å². The van der Waals surface area contributed by atoms with Gasteiger partial charge in [-0.25, -0.2) is 0 Å². The van der Waals surface area contributed by atoms with Gasteiger partial charge in [-0.2, -0.15) is 13.2 Å². The van der Waals surface area contributed by atoms with Crippen molar-refractivity contribution in [1.82, 2.24) is 0 Å². The van der Waals surface area contributed by atoms with Gasteiger partial charge in [-0.3, -0.25) is 0 Å². The van der Waals surface area contributed by atoms with Crippen molar-refractivity contribution in [2.45, 2.75) is 43.1 Å². The fraction of sp³-hybridized carbons (Fsp3) is 0.400. The van der Waals surface area contributed by atoms with E-state index in [2.05, 4.69) is 0 Å². The summed E-state index contributed by atoms with van der Waals surface area (Å²) in [6.45, 7) is 0. The first-order chi connectivity index (χ1) is 13.2. The van der Waals surface area contributed by atoms with Crippen LogP contribution < -0.4 is 4.74 Å². The number of benzene rings is 2. The Labute approximate surface area is 160 Å². The summed E-state index contributed by atoms with van der Waals surface area (Å²) >= 11 is 0. The van der Waals surface area contributed by atoms with Gasteiger partial charge in [-0.1, -0.05) is 36.4 Å². The lowest BCUT2D eigenvalue weighted by molar-refractivity contribution is -0.312. The van der Waals surface area contributed by atoms with Gasteiger partial charge in [0, 0.05) is 0 Å². The standard InChI is InChI=1S/C20H21F3O5/c1-27-14-7-5-11(6-8-14)9-12-3-2-4-13(10-12)18-16(25)15(24)17(26)19(28-18)20(21,22)23/h2-8,10,15-19,24-26H,9H2,1H3/t15-,16-,17+,18+,19+/m1/s1. The SMILES string of the molecule is COc1ccc(Cc2cccc([C@@H]3O[C@H](C(F)(F)F)[C@@H](O)[C@H](O)[C@H]3O)c2)cc1. The molecule has 0 bridgehead atoms. The number of alkyl halides is 3. The number of methoxy groups -OCH3 is 1. The Morgan fingerprint density at radius 2 is 1.61 bits per heavy atom. The number of halogens is 3. The average Bonchev–Trinajstić information content (AvgIpc) is 2.66. The molecule has 1 aliphatic heterocycles. The zero-order chi connectivity index (χ0) is 20.5. The fourth-order valence-electron chi connectivity index (χ4n) is 3.28. The number of rotatable bonds is 4. The summed E-state index contributed by atoms with van der Waals surface area (Å²) in [5.74, 6) is 0.710. The molecule has 0 radical (unpaired) electrons. The van der Waals surface area contributed by atoms with Gasteiger partial charge in [-0.05, 0) is 35.2 Å². The van der Waals surface area contributed by atoms with Crippen LogP contribution in [0.2, 0.25) is 0 Å². The Balaban J connectivity index is 1.83. The molecule has 8 heteroatoms. The molecule has 1 fully saturated rings. The minimum absolute atomic E-state index is 0.290. The summed E-state index contributed by atoms with van der Waals surface area (Å²) < 4.78 is 49.4. The zero-order valence-corrected chi connectivity index (χ0v) is 15.0. The first-order valence-corrected chi connectivity index (χ1v) is 8.69. The monoisotopic (exact) mass is 398 g/mol. The van der Waals surface area contributed by atoms with Gasteiger partial charge in [0.1, 0.15) is 30.2 Å². The molecule has 1 saturated heterocycles. The largest absolute Gasteiger partial charge is 0.497 e. The lowest BCUT2D eigenvalue weighted by atomic mass is 9.90. The van der Waals surface area contributed by atoms with Crippen molar-refractivity contribution in [2.24, 2.45) is 0 Å². The van der Waals surface area contributed by atoms with E-state index >= 15 is 0 Å². The molecule has 0 unspecified atom stereocenters. The van der Waals surface area contributed by atoms with Gasteiger partial charge in [0.15, 0.2) is 6.10 Å². The third kappa shape index (κ3) is 4.30. The van der Waals surface area contributed by atoms with Crippen molar-refractivity contribution in [3.05, 3.63) is 65.2 Å². The van der Waals surface area contributed by atoms with E-state index in [-0.39, 0.29) is 0 Å². The molecule has 0 saturated carbocycles. The summed E-state index contributed by atoms with van der Waals surface area (Å²) in [7, 11) is 1.56. The maximum absolute atomic E-state index is 13.1. The summed E-state index contributed by atoms with van der Waals surface area (Å²) in [6.07, 6.45) is -14.3. The van der Waals surface area contributed by atoms with E-state index in [9.17, 15) is 28.5 Å². The number of aliphatic hydroxyl groups excluding tert-OH is 3. The Kier molecular flexibility index (Phi) is 5.95. The van der Waals surface area contributed by atoms with Gasteiger partial charge in [0.25, 0.3) is 0 Å². The molecule has 2 aromatic rings. The van der Waals surface area contributed by atoms with Crippen molar-refractivity contribution >= 4 is 0 Å². The smallest absolute Gasteiger partial charge is 0.417 e. The van der Waals surface area contributed by atoms with E-state index in [1.54, 1.807) is 37.4 Å². The second-order valence-corrected chi connectivity index (χ2v) is 6.76. The van der Waals surface area contributed by atoms with Gasteiger partial charge in [0.05, 0.1) is 7.11 Å². The topological polar surface area (TPSA) is 79.2 Å². The lowest BCUT2D eigenvalue weighted by Crippen LogP contribution is -2.58. The van der Waals surface area contributed by atoms with Gasteiger partial charge < -0.3 is 24.8 Å².